The minimum absolute atomic E-state index is 0.225. The second kappa shape index (κ2) is 8.00. The third-order valence-corrected chi connectivity index (χ3v) is 3.95. The molecule has 0 saturated heterocycles. The summed E-state index contributed by atoms with van der Waals surface area (Å²) < 4.78 is 1.04. The van der Waals surface area contributed by atoms with Gasteiger partial charge in [-0.1, -0.05) is 23.2 Å². The molecule has 8 nitrogen and oxygen atoms in total. The Morgan fingerprint density at radius 1 is 1.20 bits per heavy atom. The lowest BCUT2D eigenvalue weighted by atomic mass is 10.3. The molecule has 2 aromatic rings. The molecule has 1 aromatic carbocycles. The van der Waals surface area contributed by atoms with Crippen molar-refractivity contribution < 1.29 is 9.59 Å². The Kier molecular flexibility index (Phi) is 6.00. The lowest BCUT2D eigenvalue weighted by molar-refractivity contribution is -0.133. The van der Waals surface area contributed by atoms with E-state index in [0.717, 1.165) is 15.5 Å². The van der Waals surface area contributed by atoms with Crippen LogP contribution in [0.5, 0.6) is 0 Å². The Bertz CT molecular complexity index is 922. The number of amides is 2. The number of rotatable bonds is 5. The number of H-pyrrole nitrogens is 1. The number of nitrogens with one attached hydrogen (secondary N) is 2. The van der Waals surface area contributed by atoms with Crippen LogP contribution in [0.25, 0.3) is 0 Å². The van der Waals surface area contributed by atoms with E-state index in [-0.39, 0.29) is 13.1 Å². The summed E-state index contributed by atoms with van der Waals surface area (Å²) in [6.45, 7) is -0.524. The van der Waals surface area contributed by atoms with Gasteiger partial charge in [-0.25, -0.2) is 4.79 Å². The number of hydrogen-bond acceptors (Lipinski definition) is 4. The molecule has 0 bridgehead atoms. The van der Waals surface area contributed by atoms with Gasteiger partial charge in [0.1, 0.15) is 6.54 Å². The maximum Gasteiger partial charge on any atom is 0.328 e. The van der Waals surface area contributed by atoms with Gasteiger partial charge in [0.2, 0.25) is 11.8 Å². The fourth-order valence-corrected chi connectivity index (χ4v) is 2.21. The SMILES string of the molecule is CN(CC(=O)Nc1ccc(Cl)c(Cl)c1)C(=O)Cn1ccc(=O)[nH]c1=O. The van der Waals surface area contributed by atoms with Gasteiger partial charge in [-0.15, -0.1) is 0 Å². The van der Waals surface area contributed by atoms with Crippen LogP contribution < -0.4 is 16.6 Å². The van der Waals surface area contributed by atoms with Crippen molar-refractivity contribution in [1.82, 2.24) is 14.5 Å². The Balaban J connectivity index is 1.95. The lowest BCUT2D eigenvalue weighted by Crippen LogP contribution is -2.39. The number of likely N-dealkylation sites (N-methyl/N-ethyl adjacent to an activating group) is 1. The molecule has 25 heavy (non-hydrogen) atoms. The van der Waals surface area contributed by atoms with Crippen LogP contribution in [0.2, 0.25) is 10.0 Å². The van der Waals surface area contributed by atoms with Crippen molar-refractivity contribution in [3.8, 4) is 0 Å². The molecular formula is C15H14Cl2N4O4. The quantitative estimate of drug-likeness (QED) is 0.799. The molecule has 2 N–H and O–H groups in total. The fraction of sp³-hybridized carbons (Fsp3) is 0.200. The smallest absolute Gasteiger partial charge is 0.328 e. The van der Waals surface area contributed by atoms with Crippen molar-refractivity contribution in [2.24, 2.45) is 0 Å². The number of benzene rings is 1. The first-order chi connectivity index (χ1) is 11.8. The molecule has 132 valence electrons. The number of halogens is 2. The molecule has 0 aliphatic carbocycles. The average Bonchev–Trinajstić information content (AvgIpc) is 2.53. The normalized spacial score (nSPS) is 10.4. The van der Waals surface area contributed by atoms with E-state index in [1.807, 2.05) is 4.98 Å². The number of anilines is 1. The molecule has 0 fully saturated rings. The highest BCUT2D eigenvalue weighted by molar-refractivity contribution is 6.42. The summed E-state index contributed by atoms with van der Waals surface area (Å²) in [5.74, 6) is -0.915. The Morgan fingerprint density at radius 2 is 1.92 bits per heavy atom. The zero-order valence-corrected chi connectivity index (χ0v) is 14.6. The van der Waals surface area contributed by atoms with Crippen molar-refractivity contribution in [3.05, 3.63) is 61.3 Å². The maximum atomic E-state index is 12.1. The van der Waals surface area contributed by atoms with Crippen LogP contribution in [-0.4, -0.2) is 39.9 Å². The van der Waals surface area contributed by atoms with E-state index in [1.54, 1.807) is 6.07 Å². The molecule has 0 aliphatic heterocycles. The topological polar surface area (TPSA) is 104 Å². The third kappa shape index (κ3) is 5.20. The van der Waals surface area contributed by atoms with Crippen LogP contribution in [0.15, 0.2) is 40.1 Å². The number of carbonyl (C=O) groups is 2. The van der Waals surface area contributed by atoms with E-state index >= 15 is 0 Å². The summed E-state index contributed by atoms with van der Waals surface area (Å²) in [5.41, 5.74) is -0.810. The summed E-state index contributed by atoms with van der Waals surface area (Å²) in [6, 6.07) is 5.74. The molecule has 0 atom stereocenters. The predicted molar refractivity (Wildman–Crippen MR) is 94.1 cm³/mol. The molecule has 0 saturated carbocycles. The predicted octanol–water partition coefficient (Wildman–Crippen LogP) is 0.940. The van der Waals surface area contributed by atoms with E-state index in [9.17, 15) is 19.2 Å². The van der Waals surface area contributed by atoms with Crippen molar-refractivity contribution in [2.75, 3.05) is 18.9 Å². The van der Waals surface area contributed by atoms with Gasteiger partial charge in [0, 0.05) is 25.0 Å². The molecule has 2 rings (SSSR count). The first-order valence-corrected chi connectivity index (χ1v) is 7.80. The lowest BCUT2D eigenvalue weighted by Gasteiger charge is -2.17. The number of hydrogen-bond donors (Lipinski definition) is 2. The van der Waals surface area contributed by atoms with Gasteiger partial charge in [0.25, 0.3) is 5.56 Å². The van der Waals surface area contributed by atoms with Gasteiger partial charge in [-0.2, -0.15) is 0 Å². The van der Waals surface area contributed by atoms with Crippen LogP contribution in [0, 0.1) is 0 Å². The molecular weight excluding hydrogens is 371 g/mol. The van der Waals surface area contributed by atoms with E-state index in [0.29, 0.717) is 15.7 Å². The third-order valence-electron chi connectivity index (χ3n) is 3.21. The van der Waals surface area contributed by atoms with Crippen LogP contribution in [0.1, 0.15) is 0 Å². The van der Waals surface area contributed by atoms with E-state index in [2.05, 4.69) is 5.32 Å². The second-order valence-electron chi connectivity index (χ2n) is 5.16. The zero-order chi connectivity index (χ0) is 18.6. The molecule has 1 heterocycles. The zero-order valence-electron chi connectivity index (χ0n) is 13.1. The number of aromatic nitrogens is 2. The highest BCUT2D eigenvalue weighted by atomic mass is 35.5. The summed E-state index contributed by atoms with van der Waals surface area (Å²) in [5, 5.41) is 3.24. The molecule has 0 aliphatic rings. The van der Waals surface area contributed by atoms with Gasteiger partial charge in [-0.3, -0.25) is 23.9 Å². The van der Waals surface area contributed by atoms with E-state index < -0.39 is 23.1 Å². The Labute approximate surface area is 152 Å². The summed E-state index contributed by atoms with van der Waals surface area (Å²) in [4.78, 5) is 49.8. The van der Waals surface area contributed by atoms with Crippen LogP contribution in [0.4, 0.5) is 5.69 Å². The number of carbonyl (C=O) groups excluding carboxylic acids is 2. The maximum absolute atomic E-state index is 12.1. The highest BCUT2D eigenvalue weighted by Gasteiger charge is 2.14. The van der Waals surface area contributed by atoms with E-state index in [1.165, 1.54) is 25.4 Å². The Morgan fingerprint density at radius 3 is 2.56 bits per heavy atom. The van der Waals surface area contributed by atoms with Gasteiger partial charge in [0.15, 0.2) is 0 Å². The Hall–Kier alpha value is -2.58. The van der Waals surface area contributed by atoms with Gasteiger partial charge >= 0.3 is 5.69 Å². The van der Waals surface area contributed by atoms with E-state index in [4.69, 9.17) is 23.2 Å². The largest absolute Gasteiger partial charge is 0.335 e. The van der Waals surface area contributed by atoms with Gasteiger partial charge in [-0.05, 0) is 18.2 Å². The first kappa shape index (κ1) is 18.8. The highest BCUT2D eigenvalue weighted by Crippen LogP contribution is 2.24. The minimum Gasteiger partial charge on any atom is -0.335 e. The minimum atomic E-state index is -0.700. The van der Waals surface area contributed by atoms with Crippen molar-refractivity contribution in [1.29, 1.82) is 0 Å². The molecule has 2 amide bonds. The van der Waals surface area contributed by atoms with Gasteiger partial charge < -0.3 is 10.2 Å². The summed E-state index contributed by atoms with van der Waals surface area (Å²) in [6.07, 6.45) is 1.21. The van der Waals surface area contributed by atoms with Crippen LogP contribution in [-0.2, 0) is 16.1 Å². The number of aromatic amines is 1. The van der Waals surface area contributed by atoms with Crippen LogP contribution >= 0.6 is 23.2 Å². The number of nitrogens with zero attached hydrogens (tertiary/aromatic N) is 2. The van der Waals surface area contributed by atoms with Crippen molar-refractivity contribution >= 4 is 40.7 Å². The monoisotopic (exact) mass is 384 g/mol. The molecule has 1 aromatic heterocycles. The standard InChI is InChI=1S/C15H14Cl2N4O4/c1-20(14(24)8-21-5-4-12(22)19-15(21)25)7-13(23)18-9-2-3-10(16)11(17)6-9/h2-6H,7-8H2,1H3,(H,18,23)(H,19,22,25). The molecule has 10 heteroatoms. The molecule has 0 spiro atoms. The molecule has 0 radical (unpaired) electrons. The van der Waals surface area contributed by atoms with Crippen molar-refractivity contribution in [3.63, 3.8) is 0 Å². The van der Waals surface area contributed by atoms with Crippen LogP contribution in [0.3, 0.4) is 0 Å². The summed E-state index contributed by atoms with van der Waals surface area (Å²) in [7, 11) is 1.42. The van der Waals surface area contributed by atoms with Gasteiger partial charge in [0.05, 0.1) is 16.6 Å². The second-order valence-corrected chi connectivity index (χ2v) is 5.98. The van der Waals surface area contributed by atoms with Crippen molar-refractivity contribution in [2.45, 2.75) is 6.54 Å². The average molecular weight is 385 g/mol. The molecule has 0 unspecified atom stereocenters. The first-order valence-electron chi connectivity index (χ1n) is 7.05. The fourth-order valence-electron chi connectivity index (χ4n) is 1.91. The summed E-state index contributed by atoms with van der Waals surface area (Å²) >= 11 is 11.7.